The van der Waals surface area contributed by atoms with Crippen LogP contribution in [0.4, 0.5) is 0 Å². The number of nitrogens with zero attached hydrogens (tertiary/aromatic N) is 2. The first kappa shape index (κ1) is 11.0. The molecule has 1 heterocycles. The summed E-state index contributed by atoms with van der Waals surface area (Å²) in [5.74, 6) is 0. The van der Waals surface area contributed by atoms with Gasteiger partial charge in [-0.3, -0.25) is 5.32 Å². The molecule has 0 amide bonds. The fourth-order valence-electron chi connectivity index (χ4n) is 2.30. The summed E-state index contributed by atoms with van der Waals surface area (Å²) in [4.78, 5) is 0. The van der Waals surface area contributed by atoms with Gasteiger partial charge in [-0.2, -0.15) is 10.5 Å². The van der Waals surface area contributed by atoms with Crippen molar-refractivity contribution in [3.8, 4) is 12.1 Å². The van der Waals surface area contributed by atoms with Crippen LogP contribution in [0.3, 0.4) is 0 Å². The molecule has 0 aliphatic carbocycles. The van der Waals surface area contributed by atoms with Crippen LogP contribution in [0.25, 0.3) is 0 Å². The smallest absolute Gasteiger partial charge is 0.0968 e. The van der Waals surface area contributed by atoms with Crippen LogP contribution in [0.1, 0.15) is 39.5 Å². The minimum absolute atomic E-state index is 0.145. The Hall–Kier alpha value is -1.06. The molecule has 1 rings (SSSR count). The Morgan fingerprint density at radius 1 is 1.14 bits per heavy atom. The molecule has 3 heteroatoms. The van der Waals surface area contributed by atoms with Crippen molar-refractivity contribution in [2.45, 2.75) is 51.6 Å². The summed E-state index contributed by atoms with van der Waals surface area (Å²) in [6.07, 6.45) is 3.88. The molecular weight excluding hydrogens is 174 g/mol. The number of rotatable bonds is 2. The lowest BCUT2D eigenvalue weighted by molar-refractivity contribution is 0.147. The van der Waals surface area contributed by atoms with Crippen LogP contribution in [-0.4, -0.2) is 12.1 Å². The predicted octanol–water partition coefficient (Wildman–Crippen LogP) is 1.96. The van der Waals surface area contributed by atoms with Gasteiger partial charge in [0, 0.05) is 0 Å². The van der Waals surface area contributed by atoms with Gasteiger partial charge in [0.25, 0.3) is 0 Å². The molecule has 1 N–H and O–H groups in total. The number of nitriles is 2. The summed E-state index contributed by atoms with van der Waals surface area (Å²) in [6.45, 7) is 4.30. The number of hydrogen-bond acceptors (Lipinski definition) is 3. The van der Waals surface area contributed by atoms with Gasteiger partial charge < -0.3 is 0 Å². The summed E-state index contributed by atoms with van der Waals surface area (Å²) in [5, 5.41) is 20.9. The minimum Gasteiger partial charge on any atom is -0.287 e. The van der Waals surface area contributed by atoms with Crippen molar-refractivity contribution >= 4 is 0 Å². The standard InChI is InChI=1S/C11H17N3/c1-3-11(4-2)5-9(7-12)14-10(6-11)8-13/h9-10,14H,3-6H2,1-2H3/t9-,10+. The van der Waals surface area contributed by atoms with E-state index in [-0.39, 0.29) is 17.5 Å². The molecule has 2 atom stereocenters. The molecular formula is C11H17N3. The van der Waals surface area contributed by atoms with Crippen LogP contribution < -0.4 is 5.32 Å². The normalized spacial score (nSPS) is 30.3. The highest BCUT2D eigenvalue weighted by molar-refractivity contribution is 5.07. The average molecular weight is 191 g/mol. The van der Waals surface area contributed by atoms with Crippen molar-refractivity contribution in [1.29, 1.82) is 10.5 Å². The monoisotopic (exact) mass is 191 g/mol. The van der Waals surface area contributed by atoms with Crippen LogP contribution in [-0.2, 0) is 0 Å². The fraction of sp³-hybridized carbons (Fsp3) is 0.818. The van der Waals surface area contributed by atoms with E-state index in [9.17, 15) is 0 Å². The van der Waals surface area contributed by atoms with Crippen molar-refractivity contribution < 1.29 is 0 Å². The van der Waals surface area contributed by atoms with Crippen molar-refractivity contribution in [2.24, 2.45) is 5.41 Å². The molecule has 0 aromatic heterocycles. The lowest BCUT2D eigenvalue weighted by atomic mass is 9.70. The molecule has 1 aliphatic rings. The van der Waals surface area contributed by atoms with E-state index in [1.807, 2.05) is 0 Å². The van der Waals surface area contributed by atoms with Crippen LogP contribution in [0.15, 0.2) is 0 Å². The zero-order chi connectivity index (χ0) is 10.6. The van der Waals surface area contributed by atoms with E-state index in [2.05, 4.69) is 31.3 Å². The summed E-state index contributed by atoms with van der Waals surface area (Å²) in [6, 6.07) is 4.17. The quantitative estimate of drug-likeness (QED) is 0.725. The second-order valence-electron chi connectivity index (χ2n) is 4.15. The highest BCUT2D eigenvalue weighted by Gasteiger charge is 2.37. The van der Waals surface area contributed by atoms with Crippen molar-refractivity contribution in [1.82, 2.24) is 5.32 Å². The van der Waals surface area contributed by atoms with Crippen molar-refractivity contribution in [3.63, 3.8) is 0 Å². The van der Waals surface area contributed by atoms with Crippen LogP contribution in [0.2, 0.25) is 0 Å². The zero-order valence-electron chi connectivity index (χ0n) is 8.88. The molecule has 0 spiro atoms. The van der Waals surface area contributed by atoms with Gasteiger partial charge in [-0.1, -0.05) is 26.7 Å². The van der Waals surface area contributed by atoms with E-state index < -0.39 is 0 Å². The van der Waals surface area contributed by atoms with E-state index in [1.165, 1.54) is 0 Å². The summed E-state index contributed by atoms with van der Waals surface area (Å²) >= 11 is 0. The Morgan fingerprint density at radius 2 is 1.57 bits per heavy atom. The third-order valence-electron chi connectivity index (χ3n) is 3.49. The maximum absolute atomic E-state index is 8.91. The van der Waals surface area contributed by atoms with Crippen LogP contribution in [0, 0.1) is 28.1 Å². The largest absolute Gasteiger partial charge is 0.287 e. The van der Waals surface area contributed by atoms with E-state index in [1.54, 1.807) is 0 Å². The van der Waals surface area contributed by atoms with Gasteiger partial charge >= 0.3 is 0 Å². The van der Waals surface area contributed by atoms with Crippen molar-refractivity contribution in [2.75, 3.05) is 0 Å². The summed E-state index contributed by atoms with van der Waals surface area (Å²) in [5.41, 5.74) is 0.200. The second kappa shape index (κ2) is 4.44. The lowest BCUT2D eigenvalue weighted by Crippen LogP contribution is -2.48. The van der Waals surface area contributed by atoms with Gasteiger partial charge in [-0.05, 0) is 18.3 Å². The van der Waals surface area contributed by atoms with Gasteiger partial charge in [-0.25, -0.2) is 0 Å². The summed E-state index contributed by atoms with van der Waals surface area (Å²) < 4.78 is 0. The van der Waals surface area contributed by atoms with Crippen LogP contribution in [0.5, 0.6) is 0 Å². The van der Waals surface area contributed by atoms with Crippen LogP contribution >= 0.6 is 0 Å². The molecule has 0 radical (unpaired) electrons. The van der Waals surface area contributed by atoms with E-state index >= 15 is 0 Å². The van der Waals surface area contributed by atoms with Gasteiger partial charge in [0.1, 0.15) is 0 Å². The first-order chi connectivity index (χ1) is 6.69. The fourth-order valence-corrected chi connectivity index (χ4v) is 2.30. The molecule has 0 saturated carbocycles. The predicted molar refractivity (Wildman–Crippen MR) is 54.2 cm³/mol. The van der Waals surface area contributed by atoms with Crippen molar-refractivity contribution in [3.05, 3.63) is 0 Å². The molecule has 1 aliphatic heterocycles. The van der Waals surface area contributed by atoms with Gasteiger partial charge in [-0.15, -0.1) is 0 Å². The molecule has 1 saturated heterocycles. The molecule has 0 aromatic rings. The third kappa shape index (κ3) is 2.05. The molecule has 0 unspecified atom stereocenters. The average Bonchev–Trinajstić information content (AvgIpc) is 2.28. The Morgan fingerprint density at radius 3 is 1.86 bits per heavy atom. The maximum Gasteiger partial charge on any atom is 0.0968 e. The molecule has 1 fully saturated rings. The third-order valence-corrected chi connectivity index (χ3v) is 3.49. The number of nitrogens with one attached hydrogen (secondary N) is 1. The Labute approximate surface area is 85.7 Å². The zero-order valence-corrected chi connectivity index (χ0v) is 8.88. The highest BCUT2D eigenvalue weighted by Crippen LogP contribution is 2.39. The Kier molecular flexibility index (Phi) is 3.49. The molecule has 3 nitrogen and oxygen atoms in total. The van der Waals surface area contributed by atoms with E-state index in [4.69, 9.17) is 10.5 Å². The second-order valence-corrected chi connectivity index (χ2v) is 4.15. The lowest BCUT2D eigenvalue weighted by Gasteiger charge is -2.40. The van der Waals surface area contributed by atoms with E-state index in [0.29, 0.717) is 0 Å². The SMILES string of the molecule is CCC1(CC)C[C@@H](C#N)N[C@@H](C#N)C1. The minimum atomic E-state index is -0.145. The molecule has 76 valence electrons. The number of hydrogen-bond donors (Lipinski definition) is 1. The molecule has 14 heavy (non-hydrogen) atoms. The first-order valence-electron chi connectivity index (χ1n) is 5.25. The molecule has 0 aromatic carbocycles. The van der Waals surface area contributed by atoms with Gasteiger partial charge in [0.15, 0.2) is 0 Å². The Balaban J connectivity index is 2.80. The molecule has 0 bridgehead atoms. The van der Waals surface area contributed by atoms with E-state index in [0.717, 1.165) is 25.7 Å². The number of piperidine rings is 1. The Bertz CT molecular complexity index is 243. The first-order valence-corrected chi connectivity index (χ1v) is 5.25. The topological polar surface area (TPSA) is 59.6 Å². The summed E-state index contributed by atoms with van der Waals surface area (Å²) in [7, 11) is 0. The van der Waals surface area contributed by atoms with Gasteiger partial charge in [0.2, 0.25) is 0 Å². The highest BCUT2D eigenvalue weighted by atomic mass is 15.0. The van der Waals surface area contributed by atoms with Gasteiger partial charge in [0.05, 0.1) is 24.2 Å². The maximum atomic E-state index is 8.91.